The van der Waals surface area contributed by atoms with E-state index in [1.54, 1.807) is 6.08 Å². The molecular weight excluding hydrogens is 158 g/mol. The maximum Gasteiger partial charge on any atom is 0.0707 e. The lowest BCUT2D eigenvalue weighted by atomic mass is 10.1. The summed E-state index contributed by atoms with van der Waals surface area (Å²) in [4.78, 5) is 4.27. The number of pyridine rings is 1. The molecule has 1 aromatic heterocycles. The van der Waals surface area contributed by atoms with Gasteiger partial charge in [0.05, 0.1) is 5.52 Å². The van der Waals surface area contributed by atoms with E-state index < -0.39 is 0 Å². The van der Waals surface area contributed by atoms with E-state index in [1.165, 1.54) is 10.9 Å². The summed E-state index contributed by atoms with van der Waals surface area (Å²) in [5.74, 6) is 0. The first-order valence-corrected chi connectivity index (χ1v) is 4.21. The van der Waals surface area contributed by atoms with Gasteiger partial charge in [0, 0.05) is 11.6 Å². The maximum atomic E-state index is 4.27. The van der Waals surface area contributed by atoms with Gasteiger partial charge in [-0.05, 0) is 24.6 Å². The van der Waals surface area contributed by atoms with E-state index in [2.05, 4.69) is 18.0 Å². The molecule has 1 heterocycles. The van der Waals surface area contributed by atoms with Crippen LogP contribution in [0.15, 0.2) is 42.6 Å². The standard InChI is InChI=1S/C12H10N/c1-2-5-10-8-9-13-12-7-4-3-6-11(10)12/h2-9H,1H2. The summed E-state index contributed by atoms with van der Waals surface area (Å²) < 4.78 is 0. The molecule has 0 unspecified atom stereocenters. The van der Waals surface area contributed by atoms with Gasteiger partial charge < -0.3 is 0 Å². The van der Waals surface area contributed by atoms with Gasteiger partial charge >= 0.3 is 0 Å². The van der Waals surface area contributed by atoms with E-state index in [-0.39, 0.29) is 0 Å². The van der Waals surface area contributed by atoms with E-state index in [0.29, 0.717) is 0 Å². The Kier molecular flexibility index (Phi) is 2.09. The smallest absolute Gasteiger partial charge is 0.0707 e. The highest BCUT2D eigenvalue weighted by Gasteiger charge is 1.95. The summed E-state index contributed by atoms with van der Waals surface area (Å²) in [5, 5.41) is 1.17. The Balaban J connectivity index is 2.75. The summed E-state index contributed by atoms with van der Waals surface area (Å²) in [6.45, 7) is 3.69. The van der Waals surface area contributed by atoms with E-state index >= 15 is 0 Å². The van der Waals surface area contributed by atoms with Crippen molar-refractivity contribution in [1.82, 2.24) is 4.98 Å². The average Bonchev–Trinajstić information content (AvgIpc) is 2.19. The topological polar surface area (TPSA) is 12.9 Å². The van der Waals surface area contributed by atoms with Crippen LogP contribution in [0.5, 0.6) is 0 Å². The molecule has 13 heavy (non-hydrogen) atoms. The van der Waals surface area contributed by atoms with Crippen LogP contribution in [-0.2, 0) is 0 Å². The molecule has 1 heteroatoms. The van der Waals surface area contributed by atoms with Crippen LogP contribution in [-0.4, -0.2) is 4.98 Å². The first-order chi connectivity index (χ1) is 6.42. The van der Waals surface area contributed by atoms with Crippen LogP contribution in [0.2, 0.25) is 0 Å². The molecule has 2 rings (SSSR count). The molecule has 0 aliphatic carbocycles. The highest BCUT2D eigenvalue weighted by atomic mass is 14.6. The molecule has 1 nitrogen and oxygen atoms in total. The third-order valence-electron chi connectivity index (χ3n) is 1.98. The number of hydrogen-bond donors (Lipinski definition) is 0. The Morgan fingerprint density at radius 1 is 1.15 bits per heavy atom. The Morgan fingerprint density at radius 3 is 2.85 bits per heavy atom. The van der Waals surface area contributed by atoms with Crippen molar-refractivity contribution >= 4 is 17.0 Å². The predicted octanol–water partition coefficient (Wildman–Crippen LogP) is 3.08. The van der Waals surface area contributed by atoms with E-state index in [9.17, 15) is 0 Å². The Morgan fingerprint density at radius 2 is 2.00 bits per heavy atom. The number of nitrogens with zero attached hydrogens (tertiary/aromatic N) is 1. The van der Waals surface area contributed by atoms with Crippen LogP contribution in [0.1, 0.15) is 5.56 Å². The Bertz CT molecular complexity index is 438. The molecule has 0 saturated carbocycles. The number of rotatable bonds is 1. The van der Waals surface area contributed by atoms with E-state index in [0.717, 1.165) is 5.52 Å². The molecule has 2 aromatic rings. The van der Waals surface area contributed by atoms with Crippen molar-refractivity contribution in [2.24, 2.45) is 0 Å². The second kappa shape index (κ2) is 3.40. The number of para-hydroxylation sites is 1. The molecule has 0 spiro atoms. The summed E-state index contributed by atoms with van der Waals surface area (Å²) in [5.41, 5.74) is 2.19. The van der Waals surface area contributed by atoms with E-state index in [1.807, 2.05) is 36.5 Å². The number of aromatic nitrogens is 1. The normalized spacial score (nSPS) is 11.2. The first-order valence-electron chi connectivity index (χ1n) is 4.21. The molecular formula is C12H10N. The number of fused-ring (bicyclic) bond motifs is 1. The zero-order chi connectivity index (χ0) is 9.10. The highest BCUT2D eigenvalue weighted by Crippen LogP contribution is 2.16. The van der Waals surface area contributed by atoms with Gasteiger partial charge in [-0.25, -0.2) is 0 Å². The lowest BCUT2D eigenvalue weighted by molar-refractivity contribution is 1.41. The fraction of sp³-hybridized carbons (Fsp3) is 0. The zero-order valence-electron chi connectivity index (χ0n) is 7.27. The van der Waals surface area contributed by atoms with Crippen molar-refractivity contribution in [3.05, 3.63) is 55.1 Å². The lowest BCUT2D eigenvalue weighted by Gasteiger charge is -1.99. The molecule has 1 radical (unpaired) electrons. The quantitative estimate of drug-likeness (QED) is 0.637. The van der Waals surface area contributed by atoms with Crippen LogP contribution >= 0.6 is 0 Å². The van der Waals surface area contributed by atoms with Crippen LogP contribution in [0.4, 0.5) is 0 Å². The third kappa shape index (κ3) is 1.45. The molecule has 1 aromatic carbocycles. The van der Waals surface area contributed by atoms with Crippen molar-refractivity contribution < 1.29 is 0 Å². The lowest BCUT2D eigenvalue weighted by Crippen LogP contribution is -1.80. The van der Waals surface area contributed by atoms with Crippen LogP contribution in [0, 0.1) is 6.92 Å². The van der Waals surface area contributed by atoms with Crippen molar-refractivity contribution in [1.29, 1.82) is 0 Å². The fourth-order valence-corrected chi connectivity index (χ4v) is 1.39. The SMILES string of the molecule is [CH2]C=Cc1ccnc2ccccc12. The summed E-state index contributed by atoms with van der Waals surface area (Å²) in [6, 6.07) is 10.1. The van der Waals surface area contributed by atoms with E-state index in [4.69, 9.17) is 0 Å². The molecule has 0 saturated heterocycles. The van der Waals surface area contributed by atoms with Gasteiger partial charge in [-0.15, -0.1) is 0 Å². The van der Waals surface area contributed by atoms with Crippen LogP contribution in [0.3, 0.4) is 0 Å². The molecule has 0 bridgehead atoms. The van der Waals surface area contributed by atoms with Crippen molar-refractivity contribution in [3.63, 3.8) is 0 Å². The number of benzene rings is 1. The number of hydrogen-bond acceptors (Lipinski definition) is 1. The molecule has 0 atom stereocenters. The average molecular weight is 168 g/mol. The van der Waals surface area contributed by atoms with Crippen molar-refractivity contribution in [2.45, 2.75) is 0 Å². The minimum atomic E-state index is 1.03. The van der Waals surface area contributed by atoms with Gasteiger partial charge in [-0.1, -0.05) is 30.4 Å². The first kappa shape index (κ1) is 7.99. The molecule has 63 valence electrons. The second-order valence-electron chi connectivity index (χ2n) is 2.82. The monoisotopic (exact) mass is 168 g/mol. The Hall–Kier alpha value is -1.63. The molecule has 0 amide bonds. The summed E-state index contributed by atoms with van der Waals surface area (Å²) in [6.07, 6.45) is 5.60. The summed E-state index contributed by atoms with van der Waals surface area (Å²) in [7, 11) is 0. The van der Waals surface area contributed by atoms with Gasteiger partial charge in [-0.3, -0.25) is 4.98 Å². The fourth-order valence-electron chi connectivity index (χ4n) is 1.39. The molecule has 0 N–H and O–H groups in total. The maximum absolute atomic E-state index is 4.27. The summed E-state index contributed by atoms with van der Waals surface area (Å²) >= 11 is 0. The Labute approximate surface area is 77.7 Å². The van der Waals surface area contributed by atoms with Crippen molar-refractivity contribution in [2.75, 3.05) is 0 Å². The minimum Gasteiger partial charge on any atom is -0.256 e. The zero-order valence-corrected chi connectivity index (χ0v) is 7.27. The molecule has 0 fully saturated rings. The second-order valence-corrected chi connectivity index (χ2v) is 2.82. The molecule has 0 aliphatic heterocycles. The number of allylic oxidation sites excluding steroid dienone is 1. The van der Waals surface area contributed by atoms with Crippen LogP contribution in [0.25, 0.3) is 17.0 Å². The van der Waals surface area contributed by atoms with Gasteiger partial charge in [-0.2, -0.15) is 0 Å². The third-order valence-corrected chi connectivity index (χ3v) is 1.98. The van der Waals surface area contributed by atoms with Gasteiger partial charge in [0.25, 0.3) is 0 Å². The van der Waals surface area contributed by atoms with Gasteiger partial charge in [0.1, 0.15) is 0 Å². The van der Waals surface area contributed by atoms with Crippen molar-refractivity contribution in [3.8, 4) is 0 Å². The van der Waals surface area contributed by atoms with Gasteiger partial charge in [0.2, 0.25) is 0 Å². The van der Waals surface area contributed by atoms with Gasteiger partial charge in [0.15, 0.2) is 0 Å². The predicted molar refractivity (Wildman–Crippen MR) is 56.1 cm³/mol. The van der Waals surface area contributed by atoms with Crippen LogP contribution < -0.4 is 0 Å². The highest BCUT2D eigenvalue weighted by molar-refractivity contribution is 5.87. The molecule has 0 aliphatic rings. The minimum absolute atomic E-state index is 1.03. The largest absolute Gasteiger partial charge is 0.256 e.